The molecule has 3 amide bonds. The van der Waals surface area contributed by atoms with E-state index in [0.717, 1.165) is 30.6 Å². The molecule has 2 aliphatic heterocycles. The highest BCUT2D eigenvalue weighted by Crippen LogP contribution is 2.52. The number of nitrogens with zero attached hydrogens (tertiary/aromatic N) is 2. The van der Waals surface area contributed by atoms with Gasteiger partial charge in [0, 0.05) is 12.6 Å². The molecule has 2 heterocycles. The lowest BCUT2D eigenvalue weighted by Crippen LogP contribution is -2.50. The van der Waals surface area contributed by atoms with E-state index < -0.39 is 0 Å². The minimum absolute atomic E-state index is 0.142. The van der Waals surface area contributed by atoms with Gasteiger partial charge in [0.15, 0.2) is 0 Å². The van der Waals surface area contributed by atoms with Gasteiger partial charge in [-0.2, -0.15) is 0 Å². The van der Waals surface area contributed by atoms with E-state index in [9.17, 15) is 19.2 Å². The highest BCUT2D eigenvalue weighted by atomic mass is 16.5. The lowest BCUT2D eigenvalue weighted by Gasteiger charge is -2.36. The maximum atomic E-state index is 12.8. The number of likely N-dealkylation sites (tertiary alicyclic amines) is 2. The number of allylic oxidation sites excluding steroid dienone is 2. The Morgan fingerprint density at radius 2 is 1.77 bits per heavy atom. The van der Waals surface area contributed by atoms with Gasteiger partial charge in [-0.1, -0.05) is 12.2 Å². The molecule has 4 rings (SSSR count). The van der Waals surface area contributed by atoms with Crippen LogP contribution >= 0.6 is 0 Å². The van der Waals surface area contributed by atoms with Crippen molar-refractivity contribution in [3.05, 3.63) is 12.2 Å². The fourth-order valence-electron chi connectivity index (χ4n) is 5.16. The van der Waals surface area contributed by atoms with Gasteiger partial charge in [-0.25, -0.2) is 0 Å². The van der Waals surface area contributed by atoms with Crippen LogP contribution in [0.4, 0.5) is 0 Å². The zero-order chi connectivity index (χ0) is 18.4. The van der Waals surface area contributed by atoms with Gasteiger partial charge < -0.3 is 9.64 Å². The summed E-state index contributed by atoms with van der Waals surface area (Å²) in [6, 6.07) is -0.214. The molecule has 3 fully saturated rings. The molecule has 4 aliphatic rings. The summed E-state index contributed by atoms with van der Waals surface area (Å²) in [5.74, 6) is -1.28. The van der Waals surface area contributed by atoms with E-state index in [0.29, 0.717) is 6.54 Å². The third-order valence-electron chi connectivity index (χ3n) is 6.43. The maximum absolute atomic E-state index is 12.8. The summed E-state index contributed by atoms with van der Waals surface area (Å²) in [7, 11) is 1.33. The highest BCUT2D eigenvalue weighted by Gasteiger charge is 2.59. The van der Waals surface area contributed by atoms with Crippen LogP contribution in [-0.2, 0) is 23.9 Å². The zero-order valence-corrected chi connectivity index (χ0v) is 14.9. The van der Waals surface area contributed by atoms with Gasteiger partial charge >= 0.3 is 5.97 Å². The van der Waals surface area contributed by atoms with Crippen molar-refractivity contribution in [2.45, 2.75) is 38.1 Å². The summed E-state index contributed by atoms with van der Waals surface area (Å²) < 4.78 is 4.73. The number of carbonyl (C=O) groups excluding carboxylic acids is 4. The van der Waals surface area contributed by atoms with Crippen LogP contribution in [0.1, 0.15) is 32.1 Å². The van der Waals surface area contributed by atoms with Gasteiger partial charge in [0.2, 0.25) is 17.7 Å². The summed E-state index contributed by atoms with van der Waals surface area (Å²) in [6.45, 7) is 0.345. The second kappa shape index (κ2) is 6.52. The van der Waals surface area contributed by atoms with E-state index in [4.69, 9.17) is 4.74 Å². The van der Waals surface area contributed by atoms with Crippen LogP contribution in [-0.4, -0.2) is 59.7 Å². The van der Waals surface area contributed by atoms with Crippen LogP contribution in [0.5, 0.6) is 0 Å². The first-order valence-electron chi connectivity index (χ1n) is 9.41. The molecule has 0 N–H and O–H groups in total. The predicted molar refractivity (Wildman–Crippen MR) is 90.4 cm³/mol. The molecule has 7 heteroatoms. The second-order valence-corrected chi connectivity index (χ2v) is 7.78. The molecular formula is C19H24N2O5. The minimum Gasteiger partial charge on any atom is -0.469 e. The normalized spacial score (nSPS) is 35.2. The summed E-state index contributed by atoms with van der Waals surface area (Å²) in [6.07, 6.45) is 7.67. The number of imide groups is 1. The number of esters is 1. The fourth-order valence-corrected chi connectivity index (χ4v) is 5.16. The minimum atomic E-state index is -0.347. The Morgan fingerprint density at radius 3 is 2.38 bits per heavy atom. The molecule has 2 bridgehead atoms. The largest absolute Gasteiger partial charge is 0.469 e. The van der Waals surface area contributed by atoms with Crippen LogP contribution in [0.25, 0.3) is 0 Å². The Balaban J connectivity index is 1.45. The van der Waals surface area contributed by atoms with Gasteiger partial charge in [0.25, 0.3) is 0 Å². The Labute approximate surface area is 152 Å². The lowest BCUT2D eigenvalue weighted by molar-refractivity contribution is -0.150. The summed E-state index contributed by atoms with van der Waals surface area (Å²) in [4.78, 5) is 52.7. The van der Waals surface area contributed by atoms with Crippen molar-refractivity contribution in [3.8, 4) is 0 Å². The number of fused-ring (bicyclic) bond motifs is 5. The first-order chi connectivity index (χ1) is 12.5. The average Bonchev–Trinajstić information content (AvgIpc) is 3.32. The summed E-state index contributed by atoms with van der Waals surface area (Å²) >= 11 is 0. The molecule has 0 aromatic carbocycles. The number of rotatable bonds is 4. The Bertz CT molecular complexity index is 657. The monoisotopic (exact) mass is 360 g/mol. The first-order valence-corrected chi connectivity index (χ1v) is 9.41. The van der Waals surface area contributed by atoms with Gasteiger partial charge in [0.05, 0.1) is 25.4 Å². The number of piperidine rings is 1. The third-order valence-corrected chi connectivity index (χ3v) is 6.43. The van der Waals surface area contributed by atoms with Gasteiger partial charge in [-0.15, -0.1) is 0 Å². The summed E-state index contributed by atoms with van der Waals surface area (Å²) in [5, 5.41) is 0. The molecule has 26 heavy (non-hydrogen) atoms. The third kappa shape index (κ3) is 2.64. The van der Waals surface area contributed by atoms with E-state index >= 15 is 0 Å². The summed E-state index contributed by atoms with van der Waals surface area (Å²) in [5.41, 5.74) is 0. The van der Waals surface area contributed by atoms with Crippen LogP contribution in [0, 0.1) is 23.7 Å². The molecule has 5 atom stereocenters. The number of methoxy groups -OCH3 is 1. The quantitative estimate of drug-likeness (QED) is 0.419. The molecule has 0 aromatic heterocycles. The highest BCUT2D eigenvalue weighted by molar-refractivity contribution is 6.08. The number of hydrogen-bond acceptors (Lipinski definition) is 5. The van der Waals surface area contributed by atoms with E-state index in [1.807, 2.05) is 12.2 Å². The first kappa shape index (κ1) is 17.2. The number of carbonyl (C=O) groups is 4. The zero-order valence-electron chi connectivity index (χ0n) is 14.9. The fraction of sp³-hybridized carbons (Fsp3) is 0.684. The smallest absolute Gasteiger partial charge is 0.307 e. The van der Waals surface area contributed by atoms with Crippen molar-refractivity contribution in [2.75, 3.05) is 20.2 Å². The Morgan fingerprint density at radius 1 is 1.12 bits per heavy atom. The van der Waals surface area contributed by atoms with Crippen LogP contribution < -0.4 is 0 Å². The molecular weight excluding hydrogens is 336 g/mol. The average molecular weight is 360 g/mol. The topological polar surface area (TPSA) is 84.0 Å². The molecule has 140 valence electrons. The van der Waals surface area contributed by atoms with E-state index in [1.165, 1.54) is 7.11 Å². The van der Waals surface area contributed by atoms with Gasteiger partial charge in [0.1, 0.15) is 6.54 Å². The van der Waals surface area contributed by atoms with Crippen molar-refractivity contribution >= 4 is 23.7 Å². The molecule has 7 nitrogen and oxygen atoms in total. The Kier molecular flexibility index (Phi) is 4.32. The van der Waals surface area contributed by atoms with Crippen LogP contribution in [0.3, 0.4) is 0 Å². The van der Waals surface area contributed by atoms with E-state index in [1.54, 1.807) is 4.90 Å². The number of ether oxygens (including phenoxy) is 1. The van der Waals surface area contributed by atoms with Crippen molar-refractivity contribution < 1.29 is 23.9 Å². The number of hydrogen-bond donors (Lipinski definition) is 0. The molecule has 1 saturated carbocycles. The van der Waals surface area contributed by atoms with Crippen LogP contribution in [0.15, 0.2) is 12.2 Å². The van der Waals surface area contributed by atoms with Gasteiger partial charge in [-0.3, -0.25) is 24.1 Å². The molecule has 0 spiro atoms. The molecule has 0 radical (unpaired) electrons. The molecule has 0 aromatic rings. The van der Waals surface area contributed by atoms with Crippen molar-refractivity contribution in [3.63, 3.8) is 0 Å². The Hall–Kier alpha value is -2.18. The predicted octanol–water partition coefficient (Wildman–Crippen LogP) is 0.738. The molecule has 2 aliphatic carbocycles. The maximum Gasteiger partial charge on any atom is 0.307 e. The van der Waals surface area contributed by atoms with E-state index in [2.05, 4.69) is 0 Å². The van der Waals surface area contributed by atoms with Crippen molar-refractivity contribution in [2.24, 2.45) is 23.7 Å². The standard InChI is InChI=1S/C19H24N2O5/c1-26-15(23)9-13-4-2-3-7-20(13)14(22)10-21-18(24)16-11-5-6-12(8-11)17(16)19(21)25/h5-6,11-13,16-17H,2-4,7-10H2,1H3/t11-,12-,13-,16-,17+/m0/s1. The second-order valence-electron chi connectivity index (χ2n) is 7.78. The van der Waals surface area contributed by atoms with Crippen LogP contribution in [0.2, 0.25) is 0 Å². The molecule has 2 saturated heterocycles. The SMILES string of the molecule is COC(=O)C[C@@H]1CCCCN1C(=O)CN1C(=O)[C@@H]2[C@H](C1=O)[C@H]1C=C[C@H]2C1. The van der Waals surface area contributed by atoms with Gasteiger partial charge in [-0.05, 0) is 37.5 Å². The van der Waals surface area contributed by atoms with Crippen molar-refractivity contribution in [1.82, 2.24) is 9.80 Å². The van der Waals surface area contributed by atoms with E-state index in [-0.39, 0.29) is 66.4 Å². The number of amides is 3. The lowest BCUT2D eigenvalue weighted by atomic mass is 9.85. The van der Waals surface area contributed by atoms with Crippen molar-refractivity contribution in [1.29, 1.82) is 0 Å². The molecule has 0 unspecified atom stereocenters.